The number of fused-ring (bicyclic) bond motifs is 1. The predicted octanol–water partition coefficient (Wildman–Crippen LogP) is 4.10. The van der Waals surface area contributed by atoms with Crippen molar-refractivity contribution in [1.29, 1.82) is 0 Å². The van der Waals surface area contributed by atoms with Crippen molar-refractivity contribution in [2.45, 2.75) is 24.7 Å². The summed E-state index contributed by atoms with van der Waals surface area (Å²) < 4.78 is 10.9. The summed E-state index contributed by atoms with van der Waals surface area (Å²) in [6.07, 6.45) is 6.68. The molecule has 4 aromatic rings. The number of benzene rings is 2. The van der Waals surface area contributed by atoms with Crippen LogP contribution in [0.1, 0.15) is 61.5 Å². The number of ether oxygens (including phenoxy) is 2. The van der Waals surface area contributed by atoms with Crippen molar-refractivity contribution in [3.05, 3.63) is 107 Å². The van der Waals surface area contributed by atoms with Crippen LogP contribution in [0, 0.1) is 0 Å². The zero-order valence-corrected chi connectivity index (χ0v) is 21.0. The highest BCUT2D eigenvalue weighted by Crippen LogP contribution is 2.47. The van der Waals surface area contributed by atoms with Crippen molar-refractivity contribution in [2.24, 2.45) is 5.73 Å². The number of nitrogens with two attached hydrogens (primary N) is 1. The van der Waals surface area contributed by atoms with Crippen LogP contribution >= 0.6 is 0 Å². The summed E-state index contributed by atoms with van der Waals surface area (Å²) in [6, 6.07) is 16.8. The molecule has 9 nitrogen and oxygen atoms in total. The second kappa shape index (κ2) is 10.7. The van der Waals surface area contributed by atoms with Gasteiger partial charge in [0.25, 0.3) is 11.8 Å². The van der Waals surface area contributed by atoms with Gasteiger partial charge in [0.1, 0.15) is 34.9 Å². The smallest absolute Gasteiger partial charge is 0.274 e. The van der Waals surface area contributed by atoms with Gasteiger partial charge in [0.05, 0.1) is 14.2 Å². The number of pyridine rings is 1. The lowest BCUT2D eigenvalue weighted by atomic mass is 9.69. The van der Waals surface area contributed by atoms with Gasteiger partial charge in [0.2, 0.25) is 0 Å². The van der Waals surface area contributed by atoms with Gasteiger partial charge in [-0.25, -0.2) is 15.0 Å². The average molecular weight is 510 g/mol. The number of hydrogen-bond donors (Lipinski definition) is 2. The Bertz CT molecular complexity index is 1470. The van der Waals surface area contributed by atoms with Crippen LogP contribution in [0.4, 0.5) is 5.69 Å². The summed E-state index contributed by atoms with van der Waals surface area (Å²) in [5.74, 6) is -0.622. The first-order valence-corrected chi connectivity index (χ1v) is 12.2. The molecular weight excluding hydrogens is 482 g/mol. The Morgan fingerprint density at radius 3 is 2.32 bits per heavy atom. The Kier molecular flexibility index (Phi) is 6.99. The highest BCUT2D eigenvalue weighted by atomic mass is 16.5. The summed E-state index contributed by atoms with van der Waals surface area (Å²) in [5, 5.41) is 2.89. The summed E-state index contributed by atoms with van der Waals surface area (Å²) in [7, 11) is 3.02. The molecule has 0 fully saturated rings. The van der Waals surface area contributed by atoms with Crippen molar-refractivity contribution in [2.75, 3.05) is 19.5 Å². The van der Waals surface area contributed by atoms with E-state index in [4.69, 9.17) is 15.2 Å². The van der Waals surface area contributed by atoms with Gasteiger partial charge in [-0.3, -0.25) is 9.59 Å². The number of primary amides is 1. The first kappa shape index (κ1) is 24.9. The highest BCUT2D eigenvalue weighted by molar-refractivity contribution is 6.06. The van der Waals surface area contributed by atoms with Crippen LogP contribution in [-0.2, 0) is 6.42 Å². The van der Waals surface area contributed by atoms with E-state index in [2.05, 4.69) is 32.4 Å². The fraction of sp³-hybridized carbons (Fsp3) is 0.207. The number of rotatable bonds is 7. The van der Waals surface area contributed by atoms with Crippen molar-refractivity contribution >= 4 is 17.5 Å². The summed E-state index contributed by atoms with van der Waals surface area (Å²) >= 11 is 0. The fourth-order valence-corrected chi connectivity index (χ4v) is 5.21. The summed E-state index contributed by atoms with van der Waals surface area (Å²) in [5.41, 5.74) is 10.0. The number of hydrogen-bond acceptors (Lipinski definition) is 7. The third kappa shape index (κ3) is 4.66. The molecule has 0 radical (unpaired) electrons. The fourth-order valence-electron chi connectivity index (χ4n) is 5.21. The number of aromatic nitrogens is 3. The Balaban J connectivity index is 1.64. The number of nitrogens with zero attached hydrogens (tertiary/aromatic N) is 3. The van der Waals surface area contributed by atoms with Crippen LogP contribution in [0.5, 0.6) is 11.5 Å². The third-order valence-electron chi connectivity index (χ3n) is 6.92. The van der Waals surface area contributed by atoms with Gasteiger partial charge >= 0.3 is 0 Å². The van der Waals surface area contributed by atoms with Crippen LogP contribution in [-0.4, -0.2) is 41.0 Å². The minimum Gasteiger partial charge on any atom is -0.494 e. The molecule has 2 heterocycles. The molecule has 3 N–H and O–H groups in total. The first-order chi connectivity index (χ1) is 18.5. The normalized spacial score (nSPS) is 16.3. The minimum atomic E-state index is -0.720. The Morgan fingerprint density at radius 2 is 1.63 bits per heavy atom. The van der Waals surface area contributed by atoms with Crippen molar-refractivity contribution in [3.8, 4) is 11.5 Å². The number of carbonyl (C=O) groups is 2. The number of amides is 2. The maximum absolute atomic E-state index is 13.8. The van der Waals surface area contributed by atoms with E-state index in [-0.39, 0.29) is 23.2 Å². The molecule has 5 rings (SSSR count). The average Bonchev–Trinajstić information content (AvgIpc) is 2.96. The molecule has 2 atom stereocenters. The van der Waals surface area contributed by atoms with E-state index >= 15 is 0 Å². The van der Waals surface area contributed by atoms with Gasteiger partial charge in [-0.1, -0.05) is 36.4 Å². The number of methoxy groups -OCH3 is 2. The van der Waals surface area contributed by atoms with E-state index in [1.165, 1.54) is 26.1 Å². The molecule has 0 spiro atoms. The Labute approximate surface area is 220 Å². The van der Waals surface area contributed by atoms with E-state index in [0.29, 0.717) is 22.7 Å². The second-order valence-electron chi connectivity index (χ2n) is 8.98. The number of para-hydroxylation sites is 1. The lowest BCUT2D eigenvalue weighted by Gasteiger charge is -2.34. The van der Waals surface area contributed by atoms with Gasteiger partial charge in [0, 0.05) is 18.3 Å². The molecule has 192 valence electrons. The van der Waals surface area contributed by atoms with E-state index in [1.54, 1.807) is 42.7 Å². The molecule has 0 bridgehead atoms. The van der Waals surface area contributed by atoms with Crippen LogP contribution in [0.15, 0.2) is 73.3 Å². The SMILES string of the molecule is COc1cccc(OC)c1NC(=O)c1nc(C(N)=O)ccc1C1CCc2ccccc2C1c1cncnc1. The second-order valence-corrected chi connectivity index (χ2v) is 8.98. The lowest BCUT2D eigenvalue weighted by Crippen LogP contribution is -2.26. The molecule has 2 aromatic heterocycles. The Morgan fingerprint density at radius 1 is 0.921 bits per heavy atom. The maximum Gasteiger partial charge on any atom is 0.274 e. The van der Waals surface area contributed by atoms with Crippen molar-refractivity contribution in [3.63, 3.8) is 0 Å². The highest BCUT2D eigenvalue weighted by Gasteiger charge is 2.35. The minimum absolute atomic E-state index is 0.00157. The van der Waals surface area contributed by atoms with Gasteiger partial charge in [0.15, 0.2) is 0 Å². The quantitative estimate of drug-likeness (QED) is 0.384. The van der Waals surface area contributed by atoms with E-state index in [9.17, 15) is 9.59 Å². The standard InChI is InChI=1S/C29H27N5O4/c1-37-23-8-5-9-24(38-2)27(23)34-29(36)26-21(12-13-22(33-26)28(30)35)20-11-10-17-6-3-4-7-19(17)25(20)18-14-31-16-32-15-18/h3-9,12-16,20,25H,10-11H2,1-2H3,(H2,30,35)(H,34,36). The zero-order valence-electron chi connectivity index (χ0n) is 21.0. The number of anilines is 1. The number of carbonyl (C=O) groups excluding carboxylic acids is 2. The summed E-state index contributed by atoms with van der Waals surface area (Å²) in [4.78, 5) is 38.8. The molecule has 1 aliphatic carbocycles. The Hall–Kier alpha value is -4.79. The lowest BCUT2D eigenvalue weighted by molar-refractivity contribution is 0.0995. The molecular formula is C29H27N5O4. The molecule has 0 aliphatic heterocycles. The number of nitrogens with one attached hydrogen (secondary N) is 1. The topological polar surface area (TPSA) is 129 Å². The third-order valence-corrected chi connectivity index (χ3v) is 6.92. The van der Waals surface area contributed by atoms with Crippen LogP contribution in [0.2, 0.25) is 0 Å². The predicted molar refractivity (Wildman–Crippen MR) is 142 cm³/mol. The van der Waals surface area contributed by atoms with Crippen LogP contribution < -0.4 is 20.5 Å². The molecule has 0 saturated heterocycles. The van der Waals surface area contributed by atoms with Crippen molar-refractivity contribution < 1.29 is 19.1 Å². The van der Waals surface area contributed by atoms with E-state index in [0.717, 1.165) is 24.0 Å². The van der Waals surface area contributed by atoms with Gasteiger partial charge in [-0.2, -0.15) is 0 Å². The zero-order chi connectivity index (χ0) is 26.6. The molecule has 1 aliphatic rings. The molecule has 2 unspecified atom stereocenters. The summed E-state index contributed by atoms with van der Waals surface area (Å²) in [6.45, 7) is 0. The van der Waals surface area contributed by atoms with Crippen LogP contribution in [0.25, 0.3) is 0 Å². The largest absolute Gasteiger partial charge is 0.494 e. The van der Waals surface area contributed by atoms with E-state index in [1.807, 2.05) is 12.1 Å². The van der Waals surface area contributed by atoms with E-state index < -0.39 is 11.8 Å². The first-order valence-electron chi connectivity index (χ1n) is 12.2. The number of aryl methyl sites for hydroxylation is 1. The monoisotopic (exact) mass is 509 g/mol. The van der Waals surface area contributed by atoms with Gasteiger partial charge < -0.3 is 20.5 Å². The molecule has 0 saturated carbocycles. The van der Waals surface area contributed by atoms with Gasteiger partial charge in [-0.05, 0) is 59.2 Å². The van der Waals surface area contributed by atoms with Crippen LogP contribution in [0.3, 0.4) is 0 Å². The molecule has 2 amide bonds. The van der Waals surface area contributed by atoms with Gasteiger partial charge in [-0.15, -0.1) is 0 Å². The maximum atomic E-state index is 13.8. The molecule has 9 heteroatoms. The van der Waals surface area contributed by atoms with Crippen molar-refractivity contribution in [1.82, 2.24) is 15.0 Å². The molecule has 38 heavy (non-hydrogen) atoms. The molecule has 2 aromatic carbocycles.